The number of aryl methyl sites for hydroxylation is 1. The molecule has 0 heterocycles. The van der Waals surface area contributed by atoms with Gasteiger partial charge >= 0.3 is 0 Å². The van der Waals surface area contributed by atoms with Crippen molar-refractivity contribution in [2.75, 3.05) is 26.0 Å². The van der Waals surface area contributed by atoms with E-state index in [1.807, 2.05) is 54.6 Å². The quantitative estimate of drug-likeness (QED) is 0.384. The van der Waals surface area contributed by atoms with Crippen LogP contribution in [0.4, 0.5) is 5.69 Å². The van der Waals surface area contributed by atoms with Gasteiger partial charge in [0.2, 0.25) is 0 Å². The van der Waals surface area contributed by atoms with E-state index in [9.17, 15) is 4.79 Å². The van der Waals surface area contributed by atoms with Gasteiger partial charge in [0.05, 0.1) is 0 Å². The van der Waals surface area contributed by atoms with Gasteiger partial charge in [0.25, 0.3) is 5.91 Å². The number of fused-ring (bicyclic) bond motifs is 1. The minimum absolute atomic E-state index is 0.0929. The second kappa shape index (κ2) is 10.6. The summed E-state index contributed by atoms with van der Waals surface area (Å²) < 4.78 is 0. The summed E-state index contributed by atoms with van der Waals surface area (Å²) in [4.78, 5) is 15.2. The molecule has 34 heavy (non-hydrogen) atoms. The fraction of sp³-hybridized carbons (Fsp3) is 0.300. The fourth-order valence-electron chi connectivity index (χ4n) is 4.68. The van der Waals surface area contributed by atoms with Crippen LogP contribution in [0.2, 0.25) is 5.02 Å². The molecule has 0 spiro atoms. The molecule has 0 aliphatic heterocycles. The molecular weight excluding hydrogens is 440 g/mol. The highest BCUT2D eigenvalue weighted by atomic mass is 35.5. The van der Waals surface area contributed by atoms with E-state index in [2.05, 4.69) is 50.3 Å². The molecule has 0 aromatic heterocycles. The Morgan fingerprint density at radius 1 is 0.941 bits per heavy atom. The molecule has 1 aliphatic rings. The van der Waals surface area contributed by atoms with E-state index in [0.29, 0.717) is 16.5 Å². The van der Waals surface area contributed by atoms with Crippen molar-refractivity contribution in [3.8, 4) is 11.1 Å². The number of benzene rings is 3. The molecule has 0 radical (unpaired) electrons. The average Bonchev–Trinajstić information content (AvgIpc) is 2.80. The van der Waals surface area contributed by atoms with Crippen LogP contribution in [0.5, 0.6) is 0 Å². The maximum Gasteiger partial charge on any atom is 0.255 e. The van der Waals surface area contributed by atoms with Crippen LogP contribution in [0.15, 0.2) is 72.3 Å². The number of nitrogens with zero attached hydrogens (tertiary/aromatic N) is 1. The molecule has 1 aliphatic carbocycles. The molecule has 0 saturated carbocycles. The summed E-state index contributed by atoms with van der Waals surface area (Å²) in [6.45, 7) is 5.56. The molecule has 1 amide bonds. The Morgan fingerprint density at radius 3 is 2.21 bits per heavy atom. The van der Waals surface area contributed by atoms with Crippen LogP contribution in [0.1, 0.15) is 48.2 Å². The van der Waals surface area contributed by atoms with E-state index in [1.165, 1.54) is 16.7 Å². The zero-order valence-corrected chi connectivity index (χ0v) is 21.2. The van der Waals surface area contributed by atoms with Crippen LogP contribution in [0.25, 0.3) is 16.7 Å². The maximum absolute atomic E-state index is 12.9. The Morgan fingerprint density at radius 2 is 1.59 bits per heavy atom. The lowest BCUT2D eigenvalue weighted by Crippen LogP contribution is -2.20. The Bertz CT molecular complexity index is 1190. The van der Waals surface area contributed by atoms with E-state index >= 15 is 0 Å². The summed E-state index contributed by atoms with van der Waals surface area (Å²) in [6, 6.07) is 21.8. The second-order valence-corrected chi connectivity index (χ2v) is 10.3. The highest BCUT2D eigenvalue weighted by molar-refractivity contribution is 6.30. The third kappa shape index (κ3) is 5.78. The Kier molecular flexibility index (Phi) is 7.55. The van der Waals surface area contributed by atoms with E-state index < -0.39 is 0 Å². The van der Waals surface area contributed by atoms with E-state index in [-0.39, 0.29) is 5.91 Å². The molecule has 0 bridgehead atoms. The minimum atomic E-state index is -0.0929. The Balaban J connectivity index is 1.51. The zero-order valence-electron chi connectivity index (χ0n) is 20.5. The highest BCUT2D eigenvalue weighted by Gasteiger charge is 2.21. The first-order chi connectivity index (χ1) is 16.3. The van der Waals surface area contributed by atoms with E-state index in [0.717, 1.165) is 42.6 Å². The summed E-state index contributed by atoms with van der Waals surface area (Å²) in [5.41, 5.74) is 9.33. The third-order valence-corrected chi connectivity index (χ3v) is 6.51. The standard InChI is InChI=1S/C30H33ClN2O/c1-20(2)17-29-25(19-33(3)4)10-9-24-18-27(15-16-28(24)29)32-30(34)23-7-5-21(6-8-23)22-11-13-26(31)14-12-22/h5-8,11-16,18,20H,9-10,17,19H2,1-4H3,(H,32,34). The van der Waals surface area contributed by atoms with Gasteiger partial charge in [-0.25, -0.2) is 0 Å². The molecule has 176 valence electrons. The van der Waals surface area contributed by atoms with Gasteiger partial charge in [-0.05, 0) is 104 Å². The second-order valence-electron chi connectivity index (χ2n) is 9.83. The summed E-state index contributed by atoms with van der Waals surface area (Å²) in [6.07, 6.45) is 3.18. The first-order valence-corrected chi connectivity index (χ1v) is 12.3. The molecule has 4 heteroatoms. The molecule has 0 fully saturated rings. The predicted molar refractivity (Wildman–Crippen MR) is 145 cm³/mol. The van der Waals surface area contributed by atoms with Gasteiger partial charge in [-0.1, -0.05) is 61.4 Å². The molecule has 4 rings (SSSR count). The number of amides is 1. The molecule has 0 saturated heterocycles. The van der Waals surface area contributed by atoms with Gasteiger partial charge in [-0.15, -0.1) is 0 Å². The van der Waals surface area contributed by atoms with Crippen molar-refractivity contribution in [3.05, 3.63) is 94.0 Å². The van der Waals surface area contributed by atoms with Crippen molar-refractivity contribution in [2.24, 2.45) is 5.92 Å². The number of hydrogen-bond donors (Lipinski definition) is 1. The molecule has 3 nitrogen and oxygen atoms in total. The molecular formula is C30H33ClN2O. The maximum atomic E-state index is 12.9. The van der Waals surface area contributed by atoms with Crippen molar-refractivity contribution >= 4 is 28.8 Å². The van der Waals surface area contributed by atoms with Crippen LogP contribution >= 0.6 is 11.6 Å². The number of nitrogens with one attached hydrogen (secondary N) is 1. The lowest BCUT2D eigenvalue weighted by molar-refractivity contribution is 0.102. The lowest BCUT2D eigenvalue weighted by atomic mass is 9.81. The van der Waals surface area contributed by atoms with Crippen molar-refractivity contribution < 1.29 is 4.79 Å². The van der Waals surface area contributed by atoms with E-state index in [4.69, 9.17) is 11.6 Å². The van der Waals surface area contributed by atoms with Crippen molar-refractivity contribution in [1.82, 2.24) is 4.90 Å². The van der Waals surface area contributed by atoms with Crippen LogP contribution in [0, 0.1) is 5.92 Å². The highest BCUT2D eigenvalue weighted by Crippen LogP contribution is 2.37. The predicted octanol–water partition coefficient (Wildman–Crippen LogP) is 7.57. The molecule has 3 aromatic carbocycles. The fourth-order valence-corrected chi connectivity index (χ4v) is 4.80. The largest absolute Gasteiger partial charge is 0.322 e. The molecule has 0 atom stereocenters. The molecule has 1 N–H and O–H groups in total. The molecule has 3 aromatic rings. The number of anilines is 1. The Hall–Kier alpha value is -2.88. The van der Waals surface area contributed by atoms with Crippen molar-refractivity contribution in [2.45, 2.75) is 33.1 Å². The number of hydrogen-bond acceptors (Lipinski definition) is 2. The summed E-state index contributed by atoms with van der Waals surface area (Å²) >= 11 is 5.99. The van der Waals surface area contributed by atoms with Crippen LogP contribution in [-0.2, 0) is 6.42 Å². The number of carbonyl (C=O) groups is 1. The number of likely N-dealkylation sites (N-methyl/N-ethyl adjacent to an activating group) is 1. The summed E-state index contributed by atoms with van der Waals surface area (Å²) in [5.74, 6) is 0.512. The normalized spacial score (nSPS) is 13.4. The minimum Gasteiger partial charge on any atom is -0.322 e. The topological polar surface area (TPSA) is 32.3 Å². The van der Waals surface area contributed by atoms with Gasteiger partial charge in [-0.3, -0.25) is 4.79 Å². The number of allylic oxidation sites excluding steroid dienone is 1. The SMILES string of the molecule is CC(C)CC1=C(CN(C)C)CCc2cc(NC(=O)c3ccc(-c4ccc(Cl)cc4)cc3)ccc21. The van der Waals surface area contributed by atoms with Gasteiger partial charge in [0.15, 0.2) is 0 Å². The van der Waals surface area contributed by atoms with Crippen molar-refractivity contribution in [3.63, 3.8) is 0 Å². The molecule has 0 unspecified atom stereocenters. The van der Waals surface area contributed by atoms with Crippen LogP contribution < -0.4 is 5.32 Å². The monoisotopic (exact) mass is 472 g/mol. The van der Waals surface area contributed by atoms with Crippen LogP contribution in [-0.4, -0.2) is 31.4 Å². The lowest BCUT2D eigenvalue weighted by Gasteiger charge is -2.27. The number of rotatable bonds is 7. The summed E-state index contributed by atoms with van der Waals surface area (Å²) in [5, 5.41) is 3.81. The smallest absolute Gasteiger partial charge is 0.255 e. The van der Waals surface area contributed by atoms with Gasteiger partial charge in [0.1, 0.15) is 0 Å². The Labute approximate surface area is 208 Å². The van der Waals surface area contributed by atoms with Crippen LogP contribution in [0.3, 0.4) is 0 Å². The van der Waals surface area contributed by atoms with Gasteiger partial charge in [-0.2, -0.15) is 0 Å². The van der Waals surface area contributed by atoms with Gasteiger partial charge in [0, 0.05) is 22.8 Å². The third-order valence-electron chi connectivity index (χ3n) is 6.26. The van der Waals surface area contributed by atoms with E-state index in [1.54, 1.807) is 5.57 Å². The first-order valence-electron chi connectivity index (χ1n) is 12.0. The summed E-state index contributed by atoms with van der Waals surface area (Å²) in [7, 11) is 4.27. The number of halogens is 1. The van der Waals surface area contributed by atoms with Crippen molar-refractivity contribution in [1.29, 1.82) is 0 Å². The first kappa shape index (κ1) is 24.3. The average molecular weight is 473 g/mol. The zero-order chi connectivity index (χ0) is 24.2. The number of carbonyl (C=O) groups excluding carboxylic acids is 1. The van der Waals surface area contributed by atoms with Gasteiger partial charge < -0.3 is 10.2 Å².